The van der Waals surface area contributed by atoms with E-state index in [1.165, 1.54) is 10.1 Å². The van der Waals surface area contributed by atoms with Crippen molar-refractivity contribution in [2.45, 2.75) is 53.2 Å². The van der Waals surface area contributed by atoms with E-state index in [9.17, 15) is 9.59 Å². The van der Waals surface area contributed by atoms with E-state index in [4.69, 9.17) is 4.98 Å². The molecule has 3 aromatic heterocycles. The fourth-order valence-corrected chi connectivity index (χ4v) is 3.89. The maximum absolute atomic E-state index is 13.1. The fraction of sp³-hybridized carbons (Fsp3) is 0.360. The summed E-state index contributed by atoms with van der Waals surface area (Å²) >= 11 is 0. The van der Waals surface area contributed by atoms with Gasteiger partial charge in [-0.25, -0.2) is 9.78 Å². The average molecular weight is 445 g/mol. The summed E-state index contributed by atoms with van der Waals surface area (Å²) in [6.07, 6.45) is 5.04. The molecule has 0 saturated carbocycles. The monoisotopic (exact) mass is 444 g/mol. The Hall–Kier alpha value is -3.86. The van der Waals surface area contributed by atoms with E-state index in [0.717, 1.165) is 17.5 Å². The molecule has 8 heteroatoms. The van der Waals surface area contributed by atoms with Crippen LogP contribution in [0.2, 0.25) is 0 Å². The molecule has 33 heavy (non-hydrogen) atoms. The summed E-state index contributed by atoms with van der Waals surface area (Å²) in [5, 5.41) is 4.40. The highest BCUT2D eigenvalue weighted by Crippen LogP contribution is 2.21. The van der Waals surface area contributed by atoms with Crippen LogP contribution in [-0.4, -0.2) is 28.5 Å². The van der Waals surface area contributed by atoms with Gasteiger partial charge in [0.1, 0.15) is 12.4 Å². The number of fused-ring (bicyclic) bond motifs is 1. The quantitative estimate of drug-likeness (QED) is 0.428. The Morgan fingerprint density at radius 1 is 1.00 bits per heavy atom. The third-order valence-corrected chi connectivity index (χ3v) is 5.55. The van der Waals surface area contributed by atoms with Crippen LogP contribution < -0.4 is 11.2 Å². The Morgan fingerprint density at radius 2 is 1.70 bits per heavy atom. The number of hydrogen-bond acceptors (Lipinski definition) is 4. The molecule has 0 radical (unpaired) electrons. The predicted molar refractivity (Wildman–Crippen MR) is 129 cm³/mol. The molecule has 170 valence electrons. The van der Waals surface area contributed by atoms with Gasteiger partial charge in [0.15, 0.2) is 11.2 Å². The molecule has 4 aromatic rings. The number of hydrogen-bond donors (Lipinski definition) is 0. The van der Waals surface area contributed by atoms with Crippen LogP contribution in [-0.2, 0) is 26.7 Å². The molecule has 0 spiro atoms. The minimum Gasteiger partial charge on any atom is -0.321 e. The Labute approximate surface area is 192 Å². The van der Waals surface area contributed by atoms with Gasteiger partial charge in [-0.1, -0.05) is 43.4 Å². The molecule has 3 heterocycles. The zero-order valence-corrected chi connectivity index (χ0v) is 19.5. The third kappa shape index (κ3) is 4.27. The van der Waals surface area contributed by atoms with Gasteiger partial charge in [-0.2, -0.15) is 5.10 Å². The van der Waals surface area contributed by atoms with Crippen molar-refractivity contribution in [3.63, 3.8) is 0 Å². The van der Waals surface area contributed by atoms with E-state index in [2.05, 4.69) is 16.9 Å². The van der Waals surface area contributed by atoms with E-state index >= 15 is 0 Å². The first-order chi connectivity index (χ1) is 15.9. The van der Waals surface area contributed by atoms with Crippen molar-refractivity contribution in [2.24, 2.45) is 7.05 Å². The van der Waals surface area contributed by atoms with Gasteiger partial charge in [-0.05, 0) is 31.9 Å². The van der Waals surface area contributed by atoms with Crippen LogP contribution in [0.4, 0.5) is 0 Å². The summed E-state index contributed by atoms with van der Waals surface area (Å²) in [6.45, 7) is 7.31. The molecular formula is C25H28N6O2. The van der Waals surface area contributed by atoms with E-state index in [1.54, 1.807) is 27.1 Å². The fourth-order valence-electron chi connectivity index (χ4n) is 3.89. The van der Waals surface area contributed by atoms with E-state index in [0.29, 0.717) is 43.0 Å². The summed E-state index contributed by atoms with van der Waals surface area (Å²) in [7, 11) is 1.80. The molecule has 1 aromatic carbocycles. The highest BCUT2D eigenvalue weighted by molar-refractivity contribution is 5.76. The molecule has 8 nitrogen and oxygen atoms in total. The number of aryl methyl sites for hydroxylation is 3. The summed E-state index contributed by atoms with van der Waals surface area (Å²) < 4.78 is 6.42. The number of aromatic nitrogens is 6. The van der Waals surface area contributed by atoms with Crippen LogP contribution in [0.3, 0.4) is 0 Å². The number of rotatable bonds is 6. The number of nitrogens with zero attached hydrogens (tertiary/aromatic N) is 6. The molecule has 0 aliphatic heterocycles. The summed E-state index contributed by atoms with van der Waals surface area (Å²) in [6, 6.07) is 8.07. The zero-order chi connectivity index (χ0) is 23.5. The first kappa shape index (κ1) is 22.3. The Morgan fingerprint density at radius 3 is 2.39 bits per heavy atom. The smallest absolute Gasteiger partial charge is 0.321 e. The van der Waals surface area contributed by atoms with Crippen LogP contribution >= 0.6 is 0 Å². The van der Waals surface area contributed by atoms with Gasteiger partial charge in [0, 0.05) is 31.9 Å². The molecule has 0 N–H and O–H groups in total. The molecule has 4 rings (SSSR count). The van der Waals surface area contributed by atoms with E-state index < -0.39 is 0 Å². The molecule has 0 amide bonds. The van der Waals surface area contributed by atoms with Gasteiger partial charge in [0.25, 0.3) is 5.56 Å². The lowest BCUT2D eigenvalue weighted by Crippen LogP contribution is -2.40. The second-order valence-electron chi connectivity index (χ2n) is 8.15. The molecule has 0 saturated heterocycles. The van der Waals surface area contributed by atoms with Crippen molar-refractivity contribution in [1.82, 2.24) is 28.5 Å². The van der Waals surface area contributed by atoms with Crippen molar-refractivity contribution in [3.8, 4) is 23.2 Å². The van der Waals surface area contributed by atoms with Gasteiger partial charge in [-0.15, -0.1) is 0 Å². The average Bonchev–Trinajstić information content (AvgIpc) is 3.40. The van der Waals surface area contributed by atoms with Gasteiger partial charge in [0.2, 0.25) is 0 Å². The number of benzene rings is 1. The SMILES string of the molecule is CCCn1c(=O)c2c(nc(-c3cnn(CC#Cc4ccc(C)cc4)c3)n2C)n(CCC)c1=O. The van der Waals surface area contributed by atoms with E-state index in [-0.39, 0.29) is 11.2 Å². The van der Waals surface area contributed by atoms with E-state index in [1.807, 2.05) is 51.2 Å². The minimum atomic E-state index is -0.304. The molecule has 0 bridgehead atoms. The summed E-state index contributed by atoms with van der Waals surface area (Å²) in [4.78, 5) is 30.8. The minimum absolute atomic E-state index is 0.303. The molecule has 0 aliphatic rings. The molecule has 0 fully saturated rings. The predicted octanol–water partition coefficient (Wildman–Crippen LogP) is 2.94. The van der Waals surface area contributed by atoms with Gasteiger partial charge >= 0.3 is 5.69 Å². The molecule has 0 aliphatic carbocycles. The van der Waals surface area contributed by atoms with Gasteiger partial charge < -0.3 is 4.57 Å². The zero-order valence-electron chi connectivity index (χ0n) is 19.5. The lowest BCUT2D eigenvalue weighted by Gasteiger charge is -2.10. The maximum Gasteiger partial charge on any atom is 0.332 e. The van der Waals surface area contributed by atoms with Crippen molar-refractivity contribution >= 4 is 11.2 Å². The molecular weight excluding hydrogens is 416 g/mol. The normalized spacial score (nSPS) is 11.0. The van der Waals surface area contributed by atoms with Gasteiger partial charge in [0.05, 0.1) is 11.8 Å². The largest absolute Gasteiger partial charge is 0.332 e. The lowest BCUT2D eigenvalue weighted by molar-refractivity contribution is 0.554. The summed E-state index contributed by atoms with van der Waals surface area (Å²) in [5.74, 6) is 6.87. The summed E-state index contributed by atoms with van der Waals surface area (Å²) in [5.41, 5.74) is 3.17. The van der Waals surface area contributed by atoms with Crippen molar-refractivity contribution in [1.29, 1.82) is 0 Å². The van der Waals surface area contributed by atoms with Crippen LogP contribution in [0.15, 0.2) is 46.2 Å². The van der Waals surface area contributed by atoms with Crippen LogP contribution in [0.1, 0.15) is 37.8 Å². The van der Waals surface area contributed by atoms with Crippen LogP contribution in [0, 0.1) is 18.8 Å². The lowest BCUT2D eigenvalue weighted by atomic mass is 10.2. The van der Waals surface area contributed by atoms with Gasteiger partial charge in [-0.3, -0.25) is 18.6 Å². The van der Waals surface area contributed by atoms with Crippen molar-refractivity contribution in [2.75, 3.05) is 0 Å². The second kappa shape index (κ2) is 9.33. The highest BCUT2D eigenvalue weighted by Gasteiger charge is 2.20. The Bertz CT molecular complexity index is 1470. The first-order valence-electron chi connectivity index (χ1n) is 11.2. The standard InChI is InChI=1S/C25H28N6O2/c1-5-13-30-23-21(24(32)31(14-6-2)25(30)33)28(4)22(27-23)20-16-26-29(17-20)15-7-8-19-11-9-18(3)10-12-19/h9-12,16-17H,5-6,13-15H2,1-4H3. The molecule has 0 unspecified atom stereocenters. The molecule has 0 atom stereocenters. The van der Waals surface area contributed by atoms with Crippen LogP contribution in [0.25, 0.3) is 22.6 Å². The first-order valence-corrected chi connectivity index (χ1v) is 11.2. The Kier molecular flexibility index (Phi) is 6.31. The number of imidazole rings is 1. The van der Waals surface area contributed by atoms with Crippen molar-refractivity contribution < 1.29 is 0 Å². The van der Waals surface area contributed by atoms with Crippen LogP contribution in [0.5, 0.6) is 0 Å². The Balaban J connectivity index is 1.72. The highest BCUT2D eigenvalue weighted by atomic mass is 16.2. The third-order valence-electron chi connectivity index (χ3n) is 5.55. The maximum atomic E-state index is 13.1. The topological polar surface area (TPSA) is 79.6 Å². The van der Waals surface area contributed by atoms with Crippen molar-refractivity contribution in [3.05, 3.63) is 68.6 Å². The second-order valence-corrected chi connectivity index (χ2v) is 8.15.